The minimum Gasteiger partial charge on any atom is -0.495 e. The topological polar surface area (TPSA) is 74.2 Å². The number of nitrogens with zero attached hydrogens (tertiary/aromatic N) is 2. The summed E-state index contributed by atoms with van der Waals surface area (Å²) in [6.07, 6.45) is 2.29. The van der Waals surface area contributed by atoms with Gasteiger partial charge in [0.2, 0.25) is 11.8 Å². The maximum atomic E-state index is 5.75. The Morgan fingerprint density at radius 1 is 1.35 bits per heavy atom. The van der Waals surface area contributed by atoms with Gasteiger partial charge in [0.05, 0.1) is 12.8 Å². The molecule has 0 unspecified atom stereocenters. The van der Waals surface area contributed by atoms with Gasteiger partial charge in [0.25, 0.3) is 0 Å². The Balaban J connectivity index is 1.96. The van der Waals surface area contributed by atoms with Crippen LogP contribution >= 0.6 is 0 Å². The van der Waals surface area contributed by atoms with E-state index in [1.807, 2.05) is 6.07 Å². The van der Waals surface area contributed by atoms with Crippen LogP contribution in [0.3, 0.4) is 0 Å². The second-order valence-electron chi connectivity index (χ2n) is 4.18. The number of nitrogen functional groups attached to an aromatic ring is 1. The molecule has 2 aromatic rings. The molecule has 17 heavy (non-hydrogen) atoms. The summed E-state index contributed by atoms with van der Waals surface area (Å²) in [5, 5.41) is 8.08. The van der Waals surface area contributed by atoms with Crippen LogP contribution in [0.4, 0.5) is 5.69 Å². The molecule has 0 radical (unpaired) electrons. The molecule has 1 aliphatic rings. The van der Waals surface area contributed by atoms with Gasteiger partial charge in [0.15, 0.2) is 0 Å². The van der Waals surface area contributed by atoms with Crippen LogP contribution in [0.2, 0.25) is 0 Å². The fraction of sp³-hybridized carbons (Fsp3) is 0.333. The Labute approximate surface area is 98.6 Å². The van der Waals surface area contributed by atoms with Crippen LogP contribution < -0.4 is 10.5 Å². The normalized spacial score (nSPS) is 14.9. The summed E-state index contributed by atoms with van der Waals surface area (Å²) in [7, 11) is 1.58. The van der Waals surface area contributed by atoms with Crippen LogP contribution in [0, 0.1) is 0 Å². The third-order valence-electron chi connectivity index (χ3n) is 2.85. The number of ether oxygens (including phenoxy) is 1. The molecule has 0 atom stereocenters. The minimum atomic E-state index is 0.465. The largest absolute Gasteiger partial charge is 0.495 e. The van der Waals surface area contributed by atoms with Crippen LogP contribution in [0.25, 0.3) is 11.5 Å². The summed E-state index contributed by atoms with van der Waals surface area (Å²) < 4.78 is 10.8. The Kier molecular flexibility index (Phi) is 2.24. The van der Waals surface area contributed by atoms with E-state index in [9.17, 15) is 0 Å². The van der Waals surface area contributed by atoms with E-state index in [1.54, 1.807) is 19.2 Å². The average Bonchev–Trinajstić information content (AvgIpc) is 3.08. The first-order valence-corrected chi connectivity index (χ1v) is 5.55. The van der Waals surface area contributed by atoms with Crippen molar-refractivity contribution in [3.8, 4) is 17.2 Å². The first kappa shape index (κ1) is 10.1. The summed E-state index contributed by atoms with van der Waals surface area (Å²) in [4.78, 5) is 0. The second kappa shape index (κ2) is 3.76. The lowest BCUT2D eigenvalue weighted by atomic mass is 10.2. The van der Waals surface area contributed by atoms with Crippen LogP contribution in [-0.4, -0.2) is 17.3 Å². The molecule has 0 amide bonds. The Hall–Kier alpha value is -2.04. The van der Waals surface area contributed by atoms with Crippen molar-refractivity contribution < 1.29 is 9.15 Å². The van der Waals surface area contributed by atoms with Gasteiger partial charge in [-0.2, -0.15) is 0 Å². The molecule has 0 spiro atoms. The number of anilines is 1. The van der Waals surface area contributed by atoms with E-state index in [-0.39, 0.29) is 0 Å². The second-order valence-corrected chi connectivity index (χ2v) is 4.18. The highest BCUT2D eigenvalue weighted by Gasteiger charge is 2.29. The molecule has 2 N–H and O–H groups in total. The molecule has 0 aliphatic heterocycles. The van der Waals surface area contributed by atoms with Crippen molar-refractivity contribution >= 4 is 5.69 Å². The maximum absolute atomic E-state index is 5.75. The van der Waals surface area contributed by atoms with Crippen LogP contribution in [0.15, 0.2) is 22.6 Å². The fourth-order valence-electron chi connectivity index (χ4n) is 1.69. The number of hydrogen-bond acceptors (Lipinski definition) is 5. The molecule has 0 bridgehead atoms. The molecule has 5 heteroatoms. The fourth-order valence-corrected chi connectivity index (χ4v) is 1.69. The minimum absolute atomic E-state index is 0.465. The predicted octanol–water partition coefficient (Wildman–Crippen LogP) is 2.20. The van der Waals surface area contributed by atoms with Crippen molar-refractivity contribution in [3.05, 3.63) is 24.1 Å². The van der Waals surface area contributed by atoms with Gasteiger partial charge in [-0.15, -0.1) is 10.2 Å². The Morgan fingerprint density at radius 3 is 2.88 bits per heavy atom. The average molecular weight is 231 g/mol. The van der Waals surface area contributed by atoms with Gasteiger partial charge in [-0.1, -0.05) is 0 Å². The van der Waals surface area contributed by atoms with Crippen molar-refractivity contribution in [1.29, 1.82) is 0 Å². The molecule has 1 fully saturated rings. The summed E-state index contributed by atoms with van der Waals surface area (Å²) in [6.45, 7) is 0. The predicted molar refractivity (Wildman–Crippen MR) is 62.7 cm³/mol. The quantitative estimate of drug-likeness (QED) is 0.820. The smallest absolute Gasteiger partial charge is 0.247 e. The zero-order chi connectivity index (χ0) is 11.8. The number of aromatic nitrogens is 2. The van der Waals surface area contributed by atoms with E-state index < -0.39 is 0 Å². The molecule has 88 valence electrons. The zero-order valence-electron chi connectivity index (χ0n) is 9.51. The van der Waals surface area contributed by atoms with Crippen LogP contribution in [0.5, 0.6) is 5.75 Å². The van der Waals surface area contributed by atoms with E-state index in [0.717, 1.165) is 24.3 Å². The SMILES string of the molecule is COc1cc(-c2nnc(C3CC3)o2)ccc1N. The first-order valence-electron chi connectivity index (χ1n) is 5.55. The molecule has 3 rings (SSSR count). The van der Waals surface area contributed by atoms with Crippen molar-refractivity contribution in [2.75, 3.05) is 12.8 Å². The van der Waals surface area contributed by atoms with Gasteiger partial charge in [-0.05, 0) is 31.0 Å². The van der Waals surface area contributed by atoms with Gasteiger partial charge in [0, 0.05) is 11.5 Å². The lowest BCUT2D eigenvalue weighted by Crippen LogP contribution is -1.92. The lowest BCUT2D eigenvalue weighted by Gasteiger charge is -2.04. The van der Waals surface area contributed by atoms with Gasteiger partial charge in [-0.25, -0.2) is 0 Å². The molecule has 1 aliphatic carbocycles. The standard InChI is InChI=1S/C12H13N3O2/c1-16-10-6-8(4-5-9(10)13)12-15-14-11(17-12)7-2-3-7/h4-7H,2-3,13H2,1H3. The monoisotopic (exact) mass is 231 g/mol. The van der Waals surface area contributed by atoms with Gasteiger partial charge in [0.1, 0.15) is 5.75 Å². The number of methoxy groups -OCH3 is 1. The first-order chi connectivity index (χ1) is 8.28. The van der Waals surface area contributed by atoms with E-state index in [1.165, 1.54) is 0 Å². The maximum Gasteiger partial charge on any atom is 0.247 e. The lowest BCUT2D eigenvalue weighted by molar-refractivity contribution is 0.417. The molecular formula is C12H13N3O2. The molecule has 5 nitrogen and oxygen atoms in total. The van der Waals surface area contributed by atoms with Gasteiger partial charge >= 0.3 is 0 Å². The summed E-state index contributed by atoms with van der Waals surface area (Å²) in [5.41, 5.74) is 7.17. The van der Waals surface area contributed by atoms with Crippen LogP contribution in [0.1, 0.15) is 24.7 Å². The number of benzene rings is 1. The Bertz CT molecular complexity index is 546. The van der Waals surface area contributed by atoms with Crippen molar-refractivity contribution in [2.24, 2.45) is 0 Å². The highest BCUT2D eigenvalue weighted by molar-refractivity contribution is 5.64. The highest BCUT2D eigenvalue weighted by Crippen LogP contribution is 2.40. The number of nitrogens with two attached hydrogens (primary N) is 1. The highest BCUT2D eigenvalue weighted by atomic mass is 16.5. The van der Waals surface area contributed by atoms with Crippen LogP contribution in [-0.2, 0) is 0 Å². The molecule has 1 saturated carbocycles. The summed E-state index contributed by atoms with van der Waals surface area (Å²) in [5.74, 6) is 2.33. The molecule has 1 aromatic heterocycles. The summed E-state index contributed by atoms with van der Waals surface area (Å²) in [6, 6.07) is 5.43. The summed E-state index contributed by atoms with van der Waals surface area (Å²) >= 11 is 0. The van der Waals surface area contributed by atoms with Crippen molar-refractivity contribution in [2.45, 2.75) is 18.8 Å². The zero-order valence-corrected chi connectivity index (χ0v) is 9.51. The third-order valence-corrected chi connectivity index (χ3v) is 2.85. The number of hydrogen-bond donors (Lipinski definition) is 1. The van der Waals surface area contributed by atoms with E-state index >= 15 is 0 Å². The Morgan fingerprint density at radius 2 is 2.18 bits per heavy atom. The molecule has 0 saturated heterocycles. The third kappa shape index (κ3) is 1.84. The van der Waals surface area contributed by atoms with Gasteiger partial charge in [-0.3, -0.25) is 0 Å². The molecule has 1 heterocycles. The molecular weight excluding hydrogens is 218 g/mol. The van der Waals surface area contributed by atoms with E-state index in [4.69, 9.17) is 14.9 Å². The van der Waals surface area contributed by atoms with Gasteiger partial charge < -0.3 is 14.9 Å². The number of rotatable bonds is 3. The van der Waals surface area contributed by atoms with Crippen molar-refractivity contribution in [3.63, 3.8) is 0 Å². The van der Waals surface area contributed by atoms with E-state index in [2.05, 4.69) is 10.2 Å². The molecule has 1 aromatic carbocycles. The van der Waals surface area contributed by atoms with Crippen molar-refractivity contribution in [1.82, 2.24) is 10.2 Å². The van der Waals surface area contributed by atoms with E-state index in [0.29, 0.717) is 23.2 Å².